The fraction of sp³-hybridized carbons (Fsp3) is 0.406. The predicted molar refractivity (Wildman–Crippen MR) is 161 cm³/mol. The van der Waals surface area contributed by atoms with Crippen LogP contribution in [0.3, 0.4) is 0 Å². The van der Waals surface area contributed by atoms with Crippen LogP contribution in [0.4, 0.5) is 0 Å². The van der Waals surface area contributed by atoms with E-state index >= 15 is 0 Å². The summed E-state index contributed by atoms with van der Waals surface area (Å²) in [5.74, 6) is 1.74. The molecule has 1 aromatic heterocycles. The van der Waals surface area contributed by atoms with Gasteiger partial charge in [-0.15, -0.1) is 0 Å². The minimum atomic E-state index is -0.756. The van der Waals surface area contributed by atoms with Crippen molar-refractivity contribution in [1.82, 2.24) is 4.57 Å². The molecule has 0 fully saturated rings. The first-order chi connectivity index (χ1) is 19.6. The maximum Gasteiger partial charge on any atom is 0.338 e. The Morgan fingerprint density at radius 1 is 1.02 bits per heavy atom. The smallest absolute Gasteiger partial charge is 0.338 e. The molecule has 1 aliphatic heterocycles. The normalized spacial score (nSPS) is 15.1. The standard InChI is InChI=1S/C32H38N2O6S/c1-8-37-26-16-22(14-15-25(26)39-18-19(3)4)17-27-30(35)34-29(23-12-10-11-13-24(23)40-20(5)6)28(31(36)38-9-2)21(7)33-32(34)41-27/h10-17,19-20,29H,8-9,18H2,1-7H3/b27-17+/t29-/m1/s1. The van der Waals surface area contributed by atoms with Gasteiger partial charge in [0, 0.05) is 5.56 Å². The number of hydrogen-bond donors (Lipinski definition) is 0. The molecule has 0 bridgehead atoms. The summed E-state index contributed by atoms with van der Waals surface area (Å²) in [6.45, 7) is 14.7. The van der Waals surface area contributed by atoms with Gasteiger partial charge in [-0.3, -0.25) is 9.36 Å². The monoisotopic (exact) mass is 578 g/mol. The first-order valence-electron chi connectivity index (χ1n) is 14.0. The molecule has 4 rings (SSSR count). The van der Waals surface area contributed by atoms with Gasteiger partial charge in [-0.25, -0.2) is 9.79 Å². The highest BCUT2D eigenvalue weighted by atomic mass is 32.1. The fourth-order valence-corrected chi connectivity index (χ4v) is 5.61. The maximum absolute atomic E-state index is 14.0. The Hall–Kier alpha value is -3.85. The molecule has 218 valence electrons. The second-order valence-electron chi connectivity index (χ2n) is 10.4. The number of ether oxygens (including phenoxy) is 4. The van der Waals surface area contributed by atoms with Gasteiger partial charge < -0.3 is 18.9 Å². The molecule has 8 nitrogen and oxygen atoms in total. The van der Waals surface area contributed by atoms with Crippen LogP contribution in [0.15, 0.2) is 63.5 Å². The lowest BCUT2D eigenvalue weighted by Gasteiger charge is -2.26. The number of carbonyl (C=O) groups is 1. The summed E-state index contributed by atoms with van der Waals surface area (Å²) in [7, 11) is 0. The lowest BCUT2D eigenvalue weighted by molar-refractivity contribution is -0.139. The third kappa shape index (κ3) is 6.73. The molecule has 41 heavy (non-hydrogen) atoms. The van der Waals surface area contributed by atoms with Crippen molar-refractivity contribution in [2.45, 2.75) is 60.6 Å². The van der Waals surface area contributed by atoms with Crippen molar-refractivity contribution in [3.05, 3.63) is 84.5 Å². The predicted octanol–water partition coefficient (Wildman–Crippen LogP) is 5.02. The summed E-state index contributed by atoms with van der Waals surface area (Å²) in [6.07, 6.45) is 1.71. The Balaban J connectivity index is 1.88. The molecule has 3 aromatic rings. The number of esters is 1. The molecule has 1 atom stereocenters. The van der Waals surface area contributed by atoms with Crippen molar-refractivity contribution >= 4 is 23.4 Å². The van der Waals surface area contributed by atoms with E-state index in [0.29, 0.717) is 62.5 Å². The van der Waals surface area contributed by atoms with Crippen LogP contribution in [-0.4, -0.2) is 36.5 Å². The lowest BCUT2D eigenvalue weighted by Crippen LogP contribution is -2.40. The van der Waals surface area contributed by atoms with E-state index in [9.17, 15) is 9.59 Å². The molecule has 0 saturated carbocycles. The number of aromatic nitrogens is 1. The van der Waals surface area contributed by atoms with E-state index in [4.69, 9.17) is 18.9 Å². The molecular formula is C32H38N2O6S. The summed E-state index contributed by atoms with van der Waals surface area (Å²) in [5.41, 5.74) is 2.04. The minimum absolute atomic E-state index is 0.102. The van der Waals surface area contributed by atoms with Gasteiger partial charge in [0.15, 0.2) is 16.3 Å². The average Bonchev–Trinajstić information content (AvgIpc) is 3.21. The zero-order valence-corrected chi connectivity index (χ0v) is 25.5. The number of allylic oxidation sites excluding steroid dienone is 1. The molecule has 2 heterocycles. The molecule has 0 amide bonds. The van der Waals surface area contributed by atoms with Crippen LogP contribution in [0.5, 0.6) is 17.2 Å². The molecule has 9 heteroatoms. The van der Waals surface area contributed by atoms with Crippen molar-refractivity contribution in [1.29, 1.82) is 0 Å². The van der Waals surface area contributed by atoms with Gasteiger partial charge in [-0.05, 0) is 70.4 Å². The average molecular weight is 579 g/mol. The number of thiazole rings is 1. The Kier molecular flexibility index (Phi) is 9.70. The minimum Gasteiger partial charge on any atom is -0.491 e. The zero-order chi connectivity index (χ0) is 29.7. The van der Waals surface area contributed by atoms with Gasteiger partial charge in [0.1, 0.15) is 11.8 Å². The van der Waals surface area contributed by atoms with E-state index in [1.807, 2.05) is 69.3 Å². The number of hydrogen-bond acceptors (Lipinski definition) is 8. The van der Waals surface area contributed by atoms with Crippen LogP contribution in [0.2, 0.25) is 0 Å². The highest BCUT2D eigenvalue weighted by Gasteiger charge is 2.35. The van der Waals surface area contributed by atoms with Crippen LogP contribution < -0.4 is 29.1 Å². The number of benzene rings is 2. The SMILES string of the molecule is CCOC(=O)C1=C(C)N=c2s/c(=C/c3ccc(OCC(C)C)c(OCC)c3)c(=O)n2[C@@H]1c1ccccc1OC(C)C. The van der Waals surface area contributed by atoms with Gasteiger partial charge in [0.05, 0.1) is 41.7 Å². The van der Waals surface area contributed by atoms with E-state index in [1.165, 1.54) is 11.3 Å². The molecule has 0 aliphatic carbocycles. The van der Waals surface area contributed by atoms with Gasteiger partial charge >= 0.3 is 5.97 Å². The Labute approximate surface area is 244 Å². The third-order valence-corrected chi connectivity index (χ3v) is 7.21. The van der Waals surface area contributed by atoms with Crippen LogP contribution in [-0.2, 0) is 9.53 Å². The van der Waals surface area contributed by atoms with Crippen LogP contribution >= 0.6 is 11.3 Å². The van der Waals surface area contributed by atoms with Gasteiger partial charge in [0.25, 0.3) is 5.56 Å². The molecule has 0 radical (unpaired) electrons. The van der Waals surface area contributed by atoms with E-state index in [0.717, 1.165) is 5.56 Å². The number of nitrogens with zero attached hydrogens (tertiary/aromatic N) is 2. The molecule has 1 aliphatic rings. The van der Waals surface area contributed by atoms with Crippen LogP contribution in [0, 0.1) is 5.92 Å². The fourth-order valence-electron chi connectivity index (χ4n) is 4.56. The van der Waals surface area contributed by atoms with Crippen molar-refractivity contribution in [3.63, 3.8) is 0 Å². The van der Waals surface area contributed by atoms with Gasteiger partial charge in [0.2, 0.25) is 0 Å². The zero-order valence-electron chi connectivity index (χ0n) is 24.7. The molecular weight excluding hydrogens is 540 g/mol. The number of fused-ring (bicyclic) bond motifs is 1. The van der Waals surface area contributed by atoms with Crippen molar-refractivity contribution in [2.24, 2.45) is 10.9 Å². The lowest BCUT2D eigenvalue weighted by atomic mass is 9.95. The van der Waals surface area contributed by atoms with Gasteiger partial charge in [-0.2, -0.15) is 0 Å². The van der Waals surface area contributed by atoms with Crippen LogP contribution in [0.1, 0.15) is 65.6 Å². The maximum atomic E-state index is 14.0. The summed E-state index contributed by atoms with van der Waals surface area (Å²) in [4.78, 5) is 32.5. The van der Waals surface area contributed by atoms with Crippen LogP contribution in [0.25, 0.3) is 6.08 Å². The number of para-hydroxylation sites is 1. The summed E-state index contributed by atoms with van der Waals surface area (Å²) in [5, 5.41) is 0. The summed E-state index contributed by atoms with van der Waals surface area (Å²) in [6, 6.07) is 12.3. The molecule has 0 unspecified atom stereocenters. The summed E-state index contributed by atoms with van der Waals surface area (Å²) < 4.78 is 25.4. The second-order valence-corrected chi connectivity index (χ2v) is 11.4. The van der Waals surface area contributed by atoms with E-state index < -0.39 is 12.0 Å². The Morgan fingerprint density at radius 2 is 1.78 bits per heavy atom. The quantitative estimate of drug-likeness (QED) is 0.297. The van der Waals surface area contributed by atoms with Crippen molar-refractivity contribution in [3.8, 4) is 17.2 Å². The molecule has 0 N–H and O–H groups in total. The first-order valence-corrected chi connectivity index (χ1v) is 14.8. The number of carbonyl (C=O) groups excluding carboxylic acids is 1. The summed E-state index contributed by atoms with van der Waals surface area (Å²) >= 11 is 1.27. The topological polar surface area (TPSA) is 88.4 Å². The van der Waals surface area contributed by atoms with E-state index in [2.05, 4.69) is 18.8 Å². The van der Waals surface area contributed by atoms with E-state index in [1.54, 1.807) is 18.4 Å². The second kappa shape index (κ2) is 13.2. The largest absolute Gasteiger partial charge is 0.491 e. The van der Waals surface area contributed by atoms with Crippen molar-refractivity contribution < 1.29 is 23.7 Å². The highest BCUT2D eigenvalue weighted by molar-refractivity contribution is 7.07. The molecule has 2 aromatic carbocycles. The highest BCUT2D eigenvalue weighted by Crippen LogP contribution is 2.36. The Morgan fingerprint density at radius 3 is 2.46 bits per heavy atom. The van der Waals surface area contributed by atoms with Gasteiger partial charge in [-0.1, -0.05) is 49.4 Å². The van der Waals surface area contributed by atoms with Crippen molar-refractivity contribution in [2.75, 3.05) is 19.8 Å². The molecule has 0 saturated heterocycles. The third-order valence-electron chi connectivity index (χ3n) is 6.23. The first kappa shape index (κ1) is 30.1. The Bertz CT molecular complexity index is 1620. The number of rotatable bonds is 11. The molecule has 0 spiro atoms. The van der Waals surface area contributed by atoms with E-state index in [-0.39, 0.29) is 18.3 Å².